The molecule has 1 aromatic heterocycles. The summed E-state index contributed by atoms with van der Waals surface area (Å²) >= 11 is 1.71. The summed E-state index contributed by atoms with van der Waals surface area (Å²) in [6.07, 6.45) is 1.88. The van der Waals surface area contributed by atoms with E-state index in [1.165, 1.54) is 11.1 Å². The number of anilines is 1. The van der Waals surface area contributed by atoms with Crippen molar-refractivity contribution in [1.29, 1.82) is 0 Å². The van der Waals surface area contributed by atoms with Crippen LogP contribution in [0, 0.1) is 11.8 Å². The van der Waals surface area contributed by atoms with Gasteiger partial charge in [-0.15, -0.1) is 11.3 Å². The van der Waals surface area contributed by atoms with Crippen LogP contribution in [-0.2, 0) is 0 Å². The minimum Gasteiger partial charge on any atom is -0.346 e. The predicted molar refractivity (Wildman–Crippen MR) is 110 cm³/mol. The highest BCUT2D eigenvalue weighted by Crippen LogP contribution is 2.20. The van der Waals surface area contributed by atoms with E-state index >= 15 is 0 Å². The number of thiazole rings is 1. The van der Waals surface area contributed by atoms with Gasteiger partial charge in [-0.1, -0.05) is 54.3 Å². The lowest BCUT2D eigenvalue weighted by atomic mass is 10.0. The fourth-order valence-electron chi connectivity index (χ4n) is 3.13. The van der Waals surface area contributed by atoms with Crippen LogP contribution < -0.4 is 4.90 Å². The van der Waals surface area contributed by atoms with Gasteiger partial charge in [0, 0.05) is 43.3 Å². The summed E-state index contributed by atoms with van der Waals surface area (Å²) in [6, 6.07) is 18.9. The SMILES string of the molecule is C(#Cc1cccc(-c2ccccc2)c1)CN1CCN(c2nccs2)CC1. The molecule has 0 spiro atoms. The Balaban J connectivity index is 1.34. The lowest BCUT2D eigenvalue weighted by Gasteiger charge is -2.33. The summed E-state index contributed by atoms with van der Waals surface area (Å²) in [5.41, 5.74) is 3.52. The molecule has 4 rings (SSSR count). The second kappa shape index (κ2) is 8.18. The molecule has 0 amide bonds. The average molecular weight is 359 g/mol. The Bertz CT molecular complexity index is 886. The zero-order chi connectivity index (χ0) is 17.6. The summed E-state index contributed by atoms with van der Waals surface area (Å²) in [4.78, 5) is 9.17. The first kappa shape index (κ1) is 16.8. The van der Waals surface area contributed by atoms with Crippen molar-refractivity contribution >= 4 is 16.5 Å². The fraction of sp³-hybridized carbons (Fsp3) is 0.227. The monoisotopic (exact) mass is 359 g/mol. The molecule has 3 aromatic rings. The Hall–Kier alpha value is -2.61. The van der Waals surface area contributed by atoms with Gasteiger partial charge in [-0.2, -0.15) is 0 Å². The molecule has 26 heavy (non-hydrogen) atoms. The minimum absolute atomic E-state index is 0.821. The maximum atomic E-state index is 4.40. The highest BCUT2D eigenvalue weighted by Gasteiger charge is 2.17. The smallest absolute Gasteiger partial charge is 0.185 e. The van der Waals surface area contributed by atoms with E-state index in [1.54, 1.807) is 11.3 Å². The summed E-state index contributed by atoms with van der Waals surface area (Å²) in [5, 5.41) is 3.17. The lowest BCUT2D eigenvalue weighted by molar-refractivity contribution is 0.288. The van der Waals surface area contributed by atoms with Crippen LogP contribution in [0.2, 0.25) is 0 Å². The first-order valence-corrected chi connectivity index (χ1v) is 9.77. The van der Waals surface area contributed by atoms with Gasteiger partial charge < -0.3 is 4.90 Å². The van der Waals surface area contributed by atoms with Crippen molar-refractivity contribution in [3.8, 4) is 23.0 Å². The second-order valence-corrected chi connectivity index (χ2v) is 7.20. The van der Waals surface area contributed by atoms with Gasteiger partial charge in [-0.3, -0.25) is 4.90 Å². The molecule has 1 fully saturated rings. The van der Waals surface area contributed by atoms with E-state index in [0.717, 1.165) is 43.4 Å². The maximum Gasteiger partial charge on any atom is 0.185 e. The Morgan fingerprint density at radius 1 is 0.923 bits per heavy atom. The van der Waals surface area contributed by atoms with Crippen LogP contribution in [0.4, 0.5) is 5.13 Å². The number of hydrogen-bond acceptors (Lipinski definition) is 4. The zero-order valence-corrected chi connectivity index (χ0v) is 15.5. The van der Waals surface area contributed by atoms with Gasteiger partial charge in [-0.25, -0.2) is 4.98 Å². The van der Waals surface area contributed by atoms with E-state index in [9.17, 15) is 0 Å². The van der Waals surface area contributed by atoms with E-state index in [1.807, 2.05) is 17.6 Å². The van der Waals surface area contributed by atoms with Crippen LogP contribution in [0.3, 0.4) is 0 Å². The molecule has 4 heteroatoms. The van der Waals surface area contributed by atoms with Crippen molar-refractivity contribution in [2.75, 3.05) is 37.6 Å². The van der Waals surface area contributed by atoms with Gasteiger partial charge in [0.2, 0.25) is 0 Å². The van der Waals surface area contributed by atoms with E-state index in [2.05, 4.69) is 75.2 Å². The van der Waals surface area contributed by atoms with Crippen LogP contribution in [0.25, 0.3) is 11.1 Å². The van der Waals surface area contributed by atoms with Crippen molar-refractivity contribution in [1.82, 2.24) is 9.88 Å². The molecule has 1 saturated heterocycles. The Morgan fingerprint density at radius 3 is 2.50 bits per heavy atom. The Morgan fingerprint density at radius 2 is 1.73 bits per heavy atom. The summed E-state index contributed by atoms with van der Waals surface area (Å²) in [5.74, 6) is 6.67. The first-order valence-electron chi connectivity index (χ1n) is 8.90. The molecule has 2 aromatic carbocycles. The molecule has 130 valence electrons. The van der Waals surface area contributed by atoms with Gasteiger partial charge in [0.1, 0.15) is 0 Å². The largest absolute Gasteiger partial charge is 0.346 e. The number of rotatable bonds is 3. The minimum atomic E-state index is 0.821. The van der Waals surface area contributed by atoms with Gasteiger partial charge in [-0.05, 0) is 23.3 Å². The Kier molecular flexibility index (Phi) is 5.30. The highest BCUT2D eigenvalue weighted by atomic mass is 32.1. The molecule has 0 aliphatic carbocycles. The number of aromatic nitrogens is 1. The molecule has 3 nitrogen and oxygen atoms in total. The predicted octanol–water partition coefficient (Wildman–Crippen LogP) is 3.98. The van der Waals surface area contributed by atoms with E-state index in [0.29, 0.717) is 0 Å². The quantitative estimate of drug-likeness (QED) is 0.659. The number of nitrogens with zero attached hydrogens (tertiary/aromatic N) is 3. The fourth-order valence-corrected chi connectivity index (χ4v) is 3.83. The summed E-state index contributed by atoms with van der Waals surface area (Å²) < 4.78 is 0. The topological polar surface area (TPSA) is 19.4 Å². The molecule has 0 N–H and O–H groups in total. The van der Waals surface area contributed by atoms with Gasteiger partial charge in [0.15, 0.2) is 5.13 Å². The molecule has 0 atom stereocenters. The number of hydrogen-bond donors (Lipinski definition) is 0. The zero-order valence-electron chi connectivity index (χ0n) is 14.6. The third-order valence-electron chi connectivity index (χ3n) is 4.57. The standard InChI is InChI=1S/C22H21N3S/c1-2-8-20(9-3-1)21-10-4-6-19(18-21)7-5-12-24-13-15-25(16-14-24)22-23-11-17-26-22/h1-4,6,8-11,17-18H,12-16H2. The normalized spacial score (nSPS) is 14.7. The number of piperazine rings is 1. The molecule has 0 unspecified atom stereocenters. The maximum absolute atomic E-state index is 4.40. The highest BCUT2D eigenvalue weighted by molar-refractivity contribution is 7.13. The van der Waals surface area contributed by atoms with Crippen LogP contribution >= 0.6 is 11.3 Å². The molecule has 0 radical (unpaired) electrons. The molecular formula is C22H21N3S. The molecule has 2 heterocycles. The molecule has 1 aliphatic heterocycles. The van der Waals surface area contributed by atoms with E-state index < -0.39 is 0 Å². The van der Waals surface area contributed by atoms with Crippen molar-refractivity contribution in [3.05, 3.63) is 71.7 Å². The first-order chi connectivity index (χ1) is 12.9. The average Bonchev–Trinajstić information content (AvgIpc) is 3.24. The van der Waals surface area contributed by atoms with Crippen molar-refractivity contribution in [2.24, 2.45) is 0 Å². The van der Waals surface area contributed by atoms with Crippen LogP contribution in [0.5, 0.6) is 0 Å². The Labute approximate surface area is 158 Å². The number of benzene rings is 2. The third-order valence-corrected chi connectivity index (χ3v) is 5.40. The molecule has 0 bridgehead atoms. The van der Waals surface area contributed by atoms with Crippen LogP contribution in [0.1, 0.15) is 5.56 Å². The molecule has 0 saturated carbocycles. The van der Waals surface area contributed by atoms with E-state index in [-0.39, 0.29) is 0 Å². The van der Waals surface area contributed by atoms with Crippen molar-refractivity contribution < 1.29 is 0 Å². The van der Waals surface area contributed by atoms with Gasteiger partial charge in [0.25, 0.3) is 0 Å². The second-order valence-electron chi connectivity index (χ2n) is 6.33. The lowest BCUT2D eigenvalue weighted by Crippen LogP contribution is -2.46. The van der Waals surface area contributed by atoms with Crippen molar-refractivity contribution in [2.45, 2.75) is 0 Å². The van der Waals surface area contributed by atoms with Gasteiger partial charge >= 0.3 is 0 Å². The molecule has 1 aliphatic rings. The van der Waals surface area contributed by atoms with Crippen molar-refractivity contribution in [3.63, 3.8) is 0 Å². The van der Waals surface area contributed by atoms with Crippen LogP contribution in [-0.4, -0.2) is 42.6 Å². The summed E-state index contributed by atoms with van der Waals surface area (Å²) in [7, 11) is 0. The van der Waals surface area contributed by atoms with E-state index in [4.69, 9.17) is 0 Å². The molecular weight excluding hydrogens is 338 g/mol. The third kappa shape index (κ3) is 4.13. The van der Waals surface area contributed by atoms with Gasteiger partial charge in [0.05, 0.1) is 6.54 Å². The summed E-state index contributed by atoms with van der Waals surface area (Å²) in [6.45, 7) is 4.95. The van der Waals surface area contributed by atoms with Crippen LogP contribution in [0.15, 0.2) is 66.2 Å².